The third-order valence-electron chi connectivity index (χ3n) is 2.65. The van der Waals surface area contributed by atoms with Gasteiger partial charge in [-0.3, -0.25) is 4.79 Å². The third kappa shape index (κ3) is 5.99. The summed E-state index contributed by atoms with van der Waals surface area (Å²) in [6.45, 7) is 1.53. The Balaban J connectivity index is 2.50. The molecule has 6 heteroatoms. The normalized spacial score (nSPS) is 11.9. The summed E-state index contributed by atoms with van der Waals surface area (Å²) in [4.78, 5) is 22.7. The highest BCUT2D eigenvalue weighted by Gasteiger charge is 2.18. The monoisotopic (exact) mass is 293 g/mol. The van der Waals surface area contributed by atoms with Crippen molar-refractivity contribution in [3.63, 3.8) is 0 Å². The first kappa shape index (κ1) is 16.6. The summed E-state index contributed by atoms with van der Waals surface area (Å²) in [7, 11) is 1.53. The van der Waals surface area contributed by atoms with E-state index in [1.165, 1.54) is 7.11 Å². The molecule has 0 saturated carbocycles. The van der Waals surface area contributed by atoms with Gasteiger partial charge in [0.2, 0.25) is 0 Å². The lowest BCUT2D eigenvalue weighted by Gasteiger charge is -2.13. The fraction of sp³-hybridized carbons (Fsp3) is 0.333. The van der Waals surface area contributed by atoms with Crippen molar-refractivity contribution in [2.75, 3.05) is 13.7 Å². The van der Waals surface area contributed by atoms with Crippen LogP contribution in [0.2, 0.25) is 0 Å². The summed E-state index contributed by atoms with van der Waals surface area (Å²) < 4.78 is 10.3. The molecular formula is C15H19NO5. The second kappa shape index (κ2) is 8.63. The molecule has 0 aliphatic carbocycles. The molecule has 0 radical (unpaired) electrons. The van der Waals surface area contributed by atoms with Crippen LogP contribution in [0.1, 0.15) is 13.3 Å². The number of benzene rings is 1. The number of hydrogen-bond acceptors (Lipinski definition) is 4. The van der Waals surface area contributed by atoms with Crippen LogP contribution in [0.5, 0.6) is 11.5 Å². The van der Waals surface area contributed by atoms with E-state index in [4.69, 9.17) is 14.6 Å². The van der Waals surface area contributed by atoms with Gasteiger partial charge in [-0.15, -0.1) is 0 Å². The minimum atomic E-state index is -1.08. The number of carboxylic acids is 1. The molecule has 6 nitrogen and oxygen atoms in total. The minimum absolute atomic E-state index is 0.233. The van der Waals surface area contributed by atoms with E-state index >= 15 is 0 Å². The Morgan fingerprint density at radius 1 is 1.38 bits per heavy atom. The zero-order chi connectivity index (χ0) is 15.7. The zero-order valence-corrected chi connectivity index (χ0v) is 12.0. The van der Waals surface area contributed by atoms with Crippen LogP contribution in [0.4, 0.5) is 0 Å². The minimum Gasteiger partial charge on any atom is -0.497 e. The molecule has 0 aliphatic heterocycles. The molecule has 0 heterocycles. The van der Waals surface area contributed by atoms with E-state index in [1.807, 2.05) is 0 Å². The summed E-state index contributed by atoms with van der Waals surface area (Å²) in [6, 6.07) is 5.86. The fourth-order valence-corrected chi connectivity index (χ4v) is 1.57. The molecular weight excluding hydrogens is 274 g/mol. The Kier molecular flexibility index (Phi) is 6.80. The van der Waals surface area contributed by atoms with Gasteiger partial charge in [-0.05, 0) is 25.5 Å². The molecule has 1 aromatic rings. The molecule has 2 N–H and O–H groups in total. The number of carbonyl (C=O) groups is 2. The number of ether oxygens (including phenoxy) is 2. The Morgan fingerprint density at radius 2 is 2.10 bits per heavy atom. The van der Waals surface area contributed by atoms with Gasteiger partial charge in [0.1, 0.15) is 17.5 Å². The lowest BCUT2D eigenvalue weighted by Crippen LogP contribution is -2.42. The van der Waals surface area contributed by atoms with Crippen molar-refractivity contribution >= 4 is 11.9 Å². The van der Waals surface area contributed by atoms with Gasteiger partial charge in [0.05, 0.1) is 7.11 Å². The molecule has 1 aromatic carbocycles. The van der Waals surface area contributed by atoms with E-state index in [1.54, 1.807) is 43.3 Å². The predicted molar refractivity (Wildman–Crippen MR) is 77.5 cm³/mol. The summed E-state index contributed by atoms with van der Waals surface area (Å²) in [5.74, 6) is -0.480. The quantitative estimate of drug-likeness (QED) is 0.711. The predicted octanol–water partition coefficient (Wildman–Crippen LogP) is 1.61. The summed E-state index contributed by atoms with van der Waals surface area (Å²) in [5, 5.41) is 11.4. The Hall–Kier alpha value is -2.50. The van der Waals surface area contributed by atoms with Crippen molar-refractivity contribution in [3.8, 4) is 11.5 Å². The molecule has 21 heavy (non-hydrogen) atoms. The third-order valence-corrected chi connectivity index (χ3v) is 2.65. The van der Waals surface area contributed by atoms with Gasteiger partial charge in [0, 0.05) is 6.07 Å². The number of hydrogen-bond donors (Lipinski definition) is 2. The molecule has 0 bridgehead atoms. The lowest BCUT2D eigenvalue weighted by molar-refractivity contribution is -0.142. The van der Waals surface area contributed by atoms with E-state index in [2.05, 4.69) is 5.32 Å². The molecule has 1 unspecified atom stereocenters. The van der Waals surface area contributed by atoms with Gasteiger partial charge in [-0.25, -0.2) is 4.79 Å². The van der Waals surface area contributed by atoms with Gasteiger partial charge in [-0.2, -0.15) is 0 Å². The number of carbonyl (C=O) groups excluding carboxylic acids is 1. The van der Waals surface area contributed by atoms with Gasteiger partial charge >= 0.3 is 5.97 Å². The van der Waals surface area contributed by atoms with Crippen LogP contribution in [0.25, 0.3) is 0 Å². The van der Waals surface area contributed by atoms with E-state index in [-0.39, 0.29) is 13.0 Å². The first-order valence-electron chi connectivity index (χ1n) is 6.47. The second-order valence-electron chi connectivity index (χ2n) is 4.23. The van der Waals surface area contributed by atoms with Crippen LogP contribution in [-0.2, 0) is 9.59 Å². The lowest BCUT2D eigenvalue weighted by atomic mass is 10.2. The van der Waals surface area contributed by atoms with Gasteiger partial charge in [0.25, 0.3) is 5.91 Å². The largest absolute Gasteiger partial charge is 0.497 e. The van der Waals surface area contributed by atoms with Crippen LogP contribution >= 0.6 is 0 Å². The average Bonchev–Trinajstić information content (AvgIpc) is 2.49. The van der Waals surface area contributed by atoms with Crippen molar-refractivity contribution in [2.24, 2.45) is 0 Å². The van der Waals surface area contributed by atoms with Crippen LogP contribution < -0.4 is 14.8 Å². The van der Waals surface area contributed by atoms with E-state index in [0.29, 0.717) is 11.5 Å². The van der Waals surface area contributed by atoms with Crippen molar-refractivity contribution in [3.05, 3.63) is 36.4 Å². The molecule has 1 atom stereocenters. The number of nitrogens with one attached hydrogen (secondary N) is 1. The topological polar surface area (TPSA) is 84.9 Å². The molecule has 0 aromatic heterocycles. The molecule has 1 rings (SSSR count). The summed E-state index contributed by atoms with van der Waals surface area (Å²) >= 11 is 0. The highest BCUT2D eigenvalue weighted by atomic mass is 16.5. The summed E-state index contributed by atoms with van der Waals surface area (Å²) in [6.07, 6.45) is 3.65. The smallest absolute Gasteiger partial charge is 0.326 e. The molecule has 1 amide bonds. The number of rotatable bonds is 8. The highest BCUT2D eigenvalue weighted by Crippen LogP contribution is 2.18. The number of carboxylic acid groups (broad SMARTS) is 1. The average molecular weight is 293 g/mol. The van der Waals surface area contributed by atoms with Crippen LogP contribution in [0.15, 0.2) is 36.4 Å². The van der Waals surface area contributed by atoms with E-state index in [0.717, 1.165) is 0 Å². The molecule has 0 fully saturated rings. The van der Waals surface area contributed by atoms with E-state index < -0.39 is 17.9 Å². The first-order valence-corrected chi connectivity index (χ1v) is 6.47. The van der Waals surface area contributed by atoms with Gasteiger partial charge in [0.15, 0.2) is 6.61 Å². The maximum atomic E-state index is 11.7. The number of methoxy groups -OCH3 is 1. The molecule has 0 aliphatic rings. The van der Waals surface area contributed by atoms with Crippen LogP contribution in [0, 0.1) is 0 Å². The van der Waals surface area contributed by atoms with Crippen molar-refractivity contribution < 1.29 is 24.2 Å². The summed E-state index contributed by atoms with van der Waals surface area (Å²) in [5.41, 5.74) is 0. The van der Waals surface area contributed by atoms with E-state index in [9.17, 15) is 9.59 Å². The van der Waals surface area contributed by atoms with Crippen molar-refractivity contribution in [2.45, 2.75) is 19.4 Å². The maximum Gasteiger partial charge on any atom is 0.326 e. The van der Waals surface area contributed by atoms with Gasteiger partial charge < -0.3 is 19.9 Å². The SMILES string of the molecule is C/C=C/CC(NC(=O)COc1cccc(OC)c1)C(=O)O. The Morgan fingerprint density at radius 3 is 2.71 bits per heavy atom. The zero-order valence-electron chi connectivity index (χ0n) is 12.0. The first-order chi connectivity index (χ1) is 10.1. The standard InChI is InChI=1S/C15H19NO5/c1-3-4-8-13(15(18)19)16-14(17)10-21-12-7-5-6-11(9-12)20-2/h3-7,9,13H,8,10H2,1-2H3,(H,16,17)(H,18,19)/b4-3+. The number of allylic oxidation sites excluding steroid dienone is 1. The number of amides is 1. The Labute approximate surface area is 123 Å². The highest BCUT2D eigenvalue weighted by molar-refractivity contribution is 5.84. The van der Waals surface area contributed by atoms with Crippen LogP contribution in [0.3, 0.4) is 0 Å². The molecule has 114 valence electrons. The van der Waals surface area contributed by atoms with Crippen molar-refractivity contribution in [1.82, 2.24) is 5.32 Å². The molecule has 0 saturated heterocycles. The maximum absolute atomic E-state index is 11.7. The van der Waals surface area contributed by atoms with Crippen molar-refractivity contribution in [1.29, 1.82) is 0 Å². The Bertz CT molecular complexity index is 513. The number of aliphatic carboxylic acids is 1. The second-order valence-corrected chi connectivity index (χ2v) is 4.23. The fourth-order valence-electron chi connectivity index (χ4n) is 1.57. The van der Waals surface area contributed by atoms with Crippen LogP contribution in [-0.4, -0.2) is 36.7 Å². The molecule has 0 spiro atoms. The van der Waals surface area contributed by atoms with Gasteiger partial charge in [-0.1, -0.05) is 18.2 Å².